The molecule has 0 unspecified atom stereocenters. The lowest BCUT2D eigenvalue weighted by Gasteiger charge is -2.18. The Balaban J connectivity index is 1.58. The van der Waals surface area contributed by atoms with E-state index < -0.39 is 0 Å². The fraction of sp³-hybridized carbons (Fsp3) is 0.258. The summed E-state index contributed by atoms with van der Waals surface area (Å²) in [5.74, 6) is 0.246. The Labute approximate surface area is 223 Å². The molecule has 0 aromatic heterocycles. The summed E-state index contributed by atoms with van der Waals surface area (Å²) in [5, 5.41) is 3.55. The molecule has 1 aliphatic heterocycles. The number of rotatable bonds is 7. The maximum atomic E-state index is 13.5. The Hall–Kier alpha value is -3.64. The lowest BCUT2D eigenvalue weighted by molar-refractivity contribution is -0.114. The van der Waals surface area contributed by atoms with E-state index in [9.17, 15) is 9.59 Å². The van der Waals surface area contributed by atoms with Crippen LogP contribution in [0.3, 0.4) is 0 Å². The van der Waals surface area contributed by atoms with Crippen molar-refractivity contribution in [2.45, 2.75) is 47.0 Å². The van der Waals surface area contributed by atoms with Gasteiger partial charge in [0.15, 0.2) is 5.17 Å². The first-order valence-corrected chi connectivity index (χ1v) is 13.6. The second-order valence-corrected chi connectivity index (χ2v) is 10.5. The lowest BCUT2D eigenvalue weighted by atomic mass is 10.0. The molecule has 2 amide bonds. The Bertz CT molecular complexity index is 1360. The van der Waals surface area contributed by atoms with Gasteiger partial charge in [-0.2, -0.15) is 0 Å². The number of amidine groups is 1. The molecule has 4 rings (SSSR count). The largest absolute Gasteiger partial charge is 0.325 e. The van der Waals surface area contributed by atoms with Crippen LogP contribution in [-0.4, -0.2) is 22.7 Å². The molecule has 6 heteroatoms. The first-order chi connectivity index (χ1) is 17.8. The molecule has 3 aromatic carbocycles. The predicted molar refractivity (Wildman–Crippen MR) is 156 cm³/mol. The van der Waals surface area contributed by atoms with Gasteiger partial charge in [-0.1, -0.05) is 92.7 Å². The molecule has 0 radical (unpaired) electrons. The Kier molecular flexibility index (Phi) is 8.29. The van der Waals surface area contributed by atoms with E-state index in [-0.39, 0.29) is 17.6 Å². The number of nitrogens with zero attached hydrogens (tertiary/aromatic N) is 2. The minimum Gasteiger partial charge on any atom is -0.325 e. The highest BCUT2D eigenvalue weighted by molar-refractivity contribution is 8.14. The first-order valence-electron chi connectivity index (χ1n) is 12.6. The molecule has 190 valence electrons. The minimum absolute atomic E-state index is 0.130. The zero-order valence-corrected chi connectivity index (χ0v) is 22.9. The lowest BCUT2D eigenvalue weighted by Crippen LogP contribution is -2.31. The molecule has 1 N–H and O–H groups in total. The Morgan fingerprint density at radius 2 is 1.73 bits per heavy atom. The molecule has 3 aromatic rings. The smallest absolute Gasteiger partial charge is 0.283 e. The van der Waals surface area contributed by atoms with Crippen LogP contribution in [-0.2, 0) is 16.0 Å². The van der Waals surface area contributed by atoms with Gasteiger partial charge in [0.1, 0.15) is 5.70 Å². The van der Waals surface area contributed by atoms with E-state index in [0.29, 0.717) is 16.8 Å². The molecule has 0 saturated heterocycles. The van der Waals surface area contributed by atoms with E-state index in [1.807, 2.05) is 74.5 Å². The SMILES string of the molecule is CCc1cccc(C)c1NC(=O)CSC1=N/C(=C\c2ccc(C(C)C)cc2)C(=O)N1c1ccc(C)cc1. The number of aliphatic imine (C=N–C) groups is 1. The number of nitrogens with one attached hydrogen (secondary N) is 1. The van der Waals surface area contributed by atoms with E-state index in [2.05, 4.69) is 43.2 Å². The van der Waals surface area contributed by atoms with Crippen molar-refractivity contribution >= 4 is 46.2 Å². The standard InChI is InChI=1S/C31H33N3O2S/c1-6-24-9-7-8-22(5)29(24)33-28(35)19-37-31-32-27(18-23-12-14-25(15-13-23)20(2)3)30(36)34(31)26-16-10-21(4)11-17-26/h7-18,20H,6,19H2,1-5H3,(H,33,35)/b27-18-. The van der Waals surface area contributed by atoms with Gasteiger partial charge < -0.3 is 5.32 Å². The van der Waals surface area contributed by atoms with Gasteiger partial charge in [0, 0.05) is 5.69 Å². The summed E-state index contributed by atoms with van der Waals surface area (Å²) in [5.41, 5.74) is 7.33. The van der Waals surface area contributed by atoms with E-state index in [1.165, 1.54) is 17.3 Å². The number of carbonyl (C=O) groups is 2. The molecule has 0 saturated carbocycles. The highest BCUT2D eigenvalue weighted by atomic mass is 32.2. The number of carbonyl (C=O) groups excluding carboxylic acids is 2. The van der Waals surface area contributed by atoms with E-state index >= 15 is 0 Å². The zero-order valence-electron chi connectivity index (χ0n) is 22.0. The third kappa shape index (κ3) is 6.20. The third-order valence-corrected chi connectivity index (χ3v) is 7.30. The quantitative estimate of drug-likeness (QED) is 0.344. The zero-order chi connectivity index (χ0) is 26.5. The van der Waals surface area contributed by atoms with Crippen LogP contribution in [0.2, 0.25) is 0 Å². The number of amides is 2. The number of hydrogen-bond acceptors (Lipinski definition) is 4. The number of aryl methyl sites for hydroxylation is 3. The van der Waals surface area contributed by atoms with Gasteiger partial charge in [0.2, 0.25) is 5.91 Å². The average Bonchev–Trinajstić information content (AvgIpc) is 3.19. The van der Waals surface area contributed by atoms with Crippen molar-refractivity contribution < 1.29 is 9.59 Å². The molecule has 5 nitrogen and oxygen atoms in total. The minimum atomic E-state index is -0.202. The van der Waals surface area contributed by atoms with E-state index in [0.717, 1.165) is 40.0 Å². The summed E-state index contributed by atoms with van der Waals surface area (Å²) in [4.78, 5) is 32.7. The molecular weight excluding hydrogens is 478 g/mol. The second-order valence-electron chi connectivity index (χ2n) is 9.52. The van der Waals surface area contributed by atoms with Crippen LogP contribution in [0.25, 0.3) is 6.08 Å². The van der Waals surface area contributed by atoms with Crippen LogP contribution in [0.4, 0.5) is 11.4 Å². The Morgan fingerprint density at radius 3 is 2.38 bits per heavy atom. The van der Waals surface area contributed by atoms with Gasteiger partial charge in [-0.3, -0.25) is 14.5 Å². The summed E-state index contributed by atoms with van der Waals surface area (Å²) in [6.07, 6.45) is 2.64. The summed E-state index contributed by atoms with van der Waals surface area (Å²) in [6.45, 7) is 10.4. The van der Waals surface area contributed by atoms with Crippen molar-refractivity contribution in [3.05, 3.63) is 100 Å². The van der Waals surface area contributed by atoms with Crippen molar-refractivity contribution in [3.8, 4) is 0 Å². The van der Waals surface area contributed by atoms with Gasteiger partial charge in [-0.15, -0.1) is 0 Å². The molecule has 1 heterocycles. The van der Waals surface area contributed by atoms with Crippen molar-refractivity contribution in [1.82, 2.24) is 0 Å². The van der Waals surface area contributed by atoms with Crippen LogP contribution in [0.15, 0.2) is 77.4 Å². The van der Waals surface area contributed by atoms with Crippen molar-refractivity contribution in [2.24, 2.45) is 4.99 Å². The molecule has 0 spiro atoms. The number of para-hydroxylation sites is 1. The second kappa shape index (κ2) is 11.6. The van der Waals surface area contributed by atoms with Gasteiger partial charge in [0.05, 0.1) is 11.4 Å². The van der Waals surface area contributed by atoms with Crippen LogP contribution in [0, 0.1) is 13.8 Å². The van der Waals surface area contributed by atoms with Crippen LogP contribution < -0.4 is 10.2 Å². The molecule has 1 aliphatic rings. The van der Waals surface area contributed by atoms with Crippen LogP contribution in [0.5, 0.6) is 0 Å². The number of benzene rings is 3. The van der Waals surface area contributed by atoms with Gasteiger partial charge >= 0.3 is 0 Å². The number of thioether (sulfide) groups is 1. The highest BCUT2D eigenvalue weighted by Gasteiger charge is 2.32. The van der Waals surface area contributed by atoms with Gasteiger partial charge in [0.25, 0.3) is 5.91 Å². The fourth-order valence-electron chi connectivity index (χ4n) is 4.16. The number of anilines is 2. The molecular formula is C31H33N3O2S. The maximum absolute atomic E-state index is 13.5. The first kappa shape index (κ1) is 26.4. The summed E-state index contributed by atoms with van der Waals surface area (Å²) < 4.78 is 0. The van der Waals surface area contributed by atoms with Gasteiger partial charge in [-0.05, 0) is 66.6 Å². The van der Waals surface area contributed by atoms with Crippen molar-refractivity contribution in [2.75, 3.05) is 16.0 Å². The summed E-state index contributed by atoms with van der Waals surface area (Å²) in [6, 6.07) is 21.9. The number of hydrogen-bond donors (Lipinski definition) is 1. The average molecular weight is 512 g/mol. The molecule has 0 fully saturated rings. The van der Waals surface area contributed by atoms with Crippen molar-refractivity contribution in [1.29, 1.82) is 0 Å². The molecule has 0 atom stereocenters. The Morgan fingerprint density at radius 1 is 1.03 bits per heavy atom. The summed E-state index contributed by atoms with van der Waals surface area (Å²) in [7, 11) is 0. The monoisotopic (exact) mass is 511 g/mol. The van der Waals surface area contributed by atoms with Crippen LogP contribution in [0.1, 0.15) is 54.5 Å². The fourth-order valence-corrected chi connectivity index (χ4v) is 4.97. The molecule has 0 bridgehead atoms. The predicted octanol–water partition coefficient (Wildman–Crippen LogP) is 7.10. The van der Waals surface area contributed by atoms with Gasteiger partial charge in [-0.25, -0.2) is 4.99 Å². The summed E-state index contributed by atoms with van der Waals surface area (Å²) >= 11 is 1.26. The third-order valence-electron chi connectivity index (χ3n) is 6.37. The van der Waals surface area contributed by atoms with Crippen molar-refractivity contribution in [3.63, 3.8) is 0 Å². The van der Waals surface area contributed by atoms with E-state index in [4.69, 9.17) is 0 Å². The van der Waals surface area contributed by atoms with E-state index in [1.54, 1.807) is 4.90 Å². The highest BCUT2D eigenvalue weighted by Crippen LogP contribution is 2.30. The molecule has 0 aliphatic carbocycles. The normalized spacial score (nSPS) is 14.4. The maximum Gasteiger partial charge on any atom is 0.283 e. The van der Waals surface area contributed by atoms with Crippen LogP contribution >= 0.6 is 11.8 Å². The molecule has 37 heavy (non-hydrogen) atoms. The topological polar surface area (TPSA) is 61.8 Å².